The van der Waals surface area contributed by atoms with Crippen LogP contribution in [0.1, 0.15) is 13.8 Å². The van der Waals surface area contributed by atoms with Gasteiger partial charge in [-0.1, -0.05) is 0 Å². The molecule has 0 aromatic heterocycles. The van der Waals surface area contributed by atoms with Crippen molar-refractivity contribution in [1.82, 2.24) is 0 Å². The SMILES string of the molecule is CC1(C)OCC(CO)O1.[NaH]. The van der Waals surface area contributed by atoms with Gasteiger partial charge in [0.25, 0.3) is 0 Å². The average molecular weight is 156 g/mol. The fourth-order valence-electron chi connectivity index (χ4n) is 0.853. The molecule has 1 aliphatic rings. The molecule has 1 unspecified atom stereocenters. The van der Waals surface area contributed by atoms with Crippen LogP contribution in [0.25, 0.3) is 0 Å². The normalized spacial score (nSPS) is 29.7. The molecule has 0 amide bonds. The topological polar surface area (TPSA) is 38.7 Å². The van der Waals surface area contributed by atoms with Gasteiger partial charge in [-0.25, -0.2) is 0 Å². The zero-order chi connectivity index (χ0) is 6.91. The number of rotatable bonds is 1. The molecule has 0 aromatic rings. The van der Waals surface area contributed by atoms with E-state index < -0.39 is 5.79 Å². The summed E-state index contributed by atoms with van der Waals surface area (Å²) < 4.78 is 10.4. The van der Waals surface area contributed by atoms with Crippen LogP contribution in [0.4, 0.5) is 0 Å². The predicted octanol–water partition coefficient (Wildman–Crippen LogP) is -0.518. The Morgan fingerprint density at radius 3 is 2.40 bits per heavy atom. The Balaban J connectivity index is 0.000000810. The van der Waals surface area contributed by atoms with E-state index in [0.717, 1.165) is 0 Å². The minimum absolute atomic E-state index is 0. The van der Waals surface area contributed by atoms with Crippen molar-refractivity contribution in [3.05, 3.63) is 0 Å². The second-order valence-corrected chi connectivity index (χ2v) is 2.63. The summed E-state index contributed by atoms with van der Waals surface area (Å²) in [6, 6.07) is 0. The number of ether oxygens (including phenoxy) is 2. The van der Waals surface area contributed by atoms with Crippen molar-refractivity contribution in [2.24, 2.45) is 0 Å². The van der Waals surface area contributed by atoms with Crippen LogP contribution in [-0.2, 0) is 9.47 Å². The van der Waals surface area contributed by atoms with Gasteiger partial charge in [0.1, 0.15) is 6.10 Å². The monoisotopic (exact) mass is 156 g/mol. The molecule has 1 saturated heterocycles. The van der Waals surface area contributed by atoms with Crippen LogP contribution in [0.15, 0.2) is 0 Å². The summed E-state index contributed by atoms with van der Waals surface area (Å²) in [6.45, 7) is 4.22. The summed E-state index contributed by atoms with van der Waals surface area (Å²) in [4.78, 5) is 0. The van der Waals surface area contributed by atoms with E-state index in [1.807, 2.05) is 13.8 Å². The van der Waals surface area contributed by atoms with Crippen molar-refractivity contribution >= 4 is 29.6 Å². The summed E-state index contributed by atoms with van der Waals surface area (Å²) in [5.41, 5.74) is 0. The van der Waals surface area contributed by atoms with Gasteiger partial charge in [0.2, 0.25) is 0 Å². The average Bonchev–Trinajstić information content (AvgIpc) is 2.10. The fraction of sp³-hybridized carbons (Fsp3) is 1.00. The molecule has 0 bridgehead atoms. The Labute approximate surface area is 83.0 Å². The van der Waals surface area contributed by atoms with Crippen molar-refractivity contribution in [2.45, 2.75) is 25.7 Å². The minimum atomic E-state index is -0.493. The van der Waals surface area contributed by atoms with Crippen molar-refractivity contribution in [3.63, 3.8) is 0 Å². The summed E-state index contributed by atoms with van der Waals surface area (Å²) in [6.07, 6.45) is -0.125. The molecule has 56 valence electrons. The Hall–Kier alpha value is 0.880. The summed E-state index contributed by atoms with van der Waals surface area (Å²) >= 11 is 0. The predicted molar refractivity (Wildman–Crippen MR) is 39.1 cm³/mol. The third-order valence-electron chi connectivity index (χ3n) is 1.27. The second-order valence-electron chi connectivity index (χ2n) is 2.63. The molecule has 1 fully saturated rings. The van der Waals surface area contributed by atoms with E-state index in [-0.39, 0.29) is 42.3 Å². The van der Waals surface area contributed by atoms with Gasteiger partial charge >= 0.3 is 29.6 Å². The maximum absolute atomic E-state index is 8.59. The van der Waals surface area contributed by atoms with E-state index in [0.29, 0.717) is 6.61 Å². The molecule has 0 aromatic carbocycles. The van der Waals surface area contributed by atoms with E-state index in [1.165, 1.54) is 0 Å². The van der Waals surface area contributed by atoms with Gasteiger partial charge in [-0.3, -0.25) is 0 Å². The summed E-state index contributed by atoms with van der Waals surface area (Å²) in [5.74, 6) is -0.493. The Kier molecular flexibility index (Phi) is 4.40. The van der Waals surface area contributed by atoms with Crippen LogP contribution < -0.4 is 0 Å². The molecule has 1 heterocycles. The van der Waals surface area contributed by atoms with E-state index in [4.69, 9.17) is 14.6 Å². The number of aliphatic hydroxyl groups excluding tert-OH is 1. The van der Waals surface area contributed by atoms with Crippen molar-refractivity contribution in [1.29, 1.82) is 0 Å². The fourth-order valence-corrected chi connectivity index (χ4v) is 0.853. The first kappa shape index (κ1) is 10.9. The third-order valence-corrected chi connectivity index (χ3v) is 1.27. The van der Waals surface area contributed by atoms with Gasteiger partial charge in [-0.05, 0) is 13.8 Å². The third kappa shape index (κ3) is 2.86. The number of hydrogen-bond donors (Lipinski definition) is 1. The molecule has 4 heteroatoms. The van der Waals surface area contributed by atoms with E-state index in [1.54, 1.807) is 0 Å². The Morgan fingerprint density at radius 2 is 2.20 bits per heavy atom. The quantitative estimate of drug-likeness (QED) is 0.519. The molecule has 0 spiro atoms. The van der Waals surface area contributed by atoms with Crippen LogP contribution in [0, 0.1) is 0 Å². The van der Waals surface area contributed by atoms with Gasteiger partial charge < -0.3 is 14.6 Å². The summed E-state index contributed by atoms with van der Waals surface area (Å²) in [7, 11) is 0. The molecule has 10 heavy (non-hydrogen) atoms. The molecule has 0 aliphatic carbocycles. The molecule has 1 atom stereocenters. The molecule has 3 nitrogen and oxygen atoms in total. The van der Waals surface area contributed by atoms with E-state index in [9.17, 15) is 0 Å². The van der Waals surface area contributed by atoms with Crippen LogP contribution in [-0.4, -0.2) is 59.8 Å². The first-order valence-corrected chi connectivity index (χ1v) is 3.07. The molecule has 1 aliphatic heterocycles. The number of hydrogen-bond acceptors (Lipinski definition) is 3. The van der Waals surface area contributed by atoms with Crippen molar-refractivity contribution < 1.29 is 14.6 Å². The molecule has 0 radical (unpaired) electrons. The van der Waals surface area contributed by atoms with Crippen molar-refractivity contribution in [3.8, 4) is 0 Å². The van der Waals surface area contributed by atoms with Gasteiger partial charge in [-0.15, -0.1) is 0 Å². The van der Waals surface area contributed by atoms with Gasteiger partial charge in [0.15, 0.2) is 5.79 Å². The first-order chi connectivity index (χ1) is 4.14. The van der Waals surface area contributed by atoms with Gasteiger partial charge in [0, 0.05) is 0 Å². The van der Waals surface area contributed by atoms with Gasteiger partial charge in [0.05, 0.1) is 13.2 Å². The standard InChI is InChI=1S/C6H12O3.Na.H/c1-6(2)8-4-5(3-7)9-6;;/h5,7H,3-4H2,1-2H3;;. The zero-order valence-corrected chi connectivity index (χ0v) is 5.76. The first-order valence-electron chi connectivity index (χ1n) is 3.07. The van der Waals surface area contributed by atoms with E-state index in [2.05, 4.69) is 0 Å². The maximum atomic E-state index is 8.59. The van der Waals surface area contributed by atoms with E-state index >= 15 is 0 Å². The summed E-state index contributed by atoms with van der Waals surface area (Å²) in [5, 5.41) is 8.59. The second kappa shape index (κ2) is 4.04. The van der Waals surface area contributed by atoms with Crippen molar-refractivity contribution in [2.75, 3.05) is 13.2 Å². The zero-order valence-electron chi connectivity index (χ0n) is 5.76. The number of aliphatic hydroxyl groups is 1. The molecular formula is C6H13NaO3. The van der Waals surface area contributed by atoms with Crippen LogP contribution in [0.2, 0.25) is 0 Å². The Morgan fingerprint density at radius 1 is 1.60 bits per heavy atom. The molecule has 0 saturated carbocycles. The van der Waals surface area contributed by atoms with Gasteiger partial charge in [-0.2, -0.15) is 0 Å². The molecule has 1 N–H and O–H groups in total. The molecular weight excluding hydrogens is 143 g/mol. The van der Waals surface area contributed by atoms with Crippen LogP contribution in [0.5, 0.6) is 0 Å². The Bertz CT molecular complexity index is 105. The molecule has 1 rings (SSSR count). The van der Waals surface area contributed by atoms with Crippen LogP contribution in [0.3, 0.4) is 0 Å². The van der Waals surface area contributed by atoms with Crippen LogP contribution >= 0.6 is 0 Å².